The van der Waals surface area contributed by atoms with Gasteiger partial charge in [-0.3, -0.25) is 4.90 Å². The minimum atomic E-state index is 0.248. The van der Waals surface area contributed by atoms with E-state index in [4.69, 9.17) is 4.74 Å². The largest absolute Gasteiger partial charge is 0.380 e. The zero-order valence-electron chi connectivity index (χ0n) is 13.0. The van der Waals surface area contributed by atoms with Crippen LogP contribution >= 0.6 is 0 Å². The molecule has 6 nitrogen and oxygen atoms in total. The SMILES string of the molecule is CCOC[C@H]1c2c(ncn2C)CCN1Cc1nccn1C. The van der Waals surface area contributed by atoms with E-state index in [0.717, 1.165) is 31.9 Å². The van der Waals surface area contributed by atoms with Gasteiger partial charge in [0.05, 0.1) is 36.9 Å². The summed E-state index contributed by atoms with van der Waals surface area (Å²) in [6.07, 6.45) is 6.75. The summed E-state index contributed by atoms with van der Waals surface area (Å²) >= 11 is 0. The first-order valence-electron chi connectivity index (χ1n) is 7.48. The predicted molar refractivity (Wildman–Crippen MR) is 79.8 cm³/mol. The van der Waals surface area contributed by atoms with E-state index in [9.17, 15) is 0 Å². The summed E-state index contributed by atoms with van der Waals surface area (Å²) in [5.74, 6) is 1.09. The van der Waals surface area contributed by atoms with Crippen LogP contribution < -0.4 is 0 Å². The topological polar surface area (TPSA) is 48.1 Å². The van der Waals surface area contributed by atoms with Crippen LogP contribution in [0.3, 0.4) is 0 Å². The van der Waals surface area contributed by atoms with Gasteiger partial charge < -0.3 is 13.9 Å². The Kier molecular flexibility index (Phi) is 4.07. The molecule has 0 aliphatic carbocycles. The zero-order valence-corrected chi connectivity index (χ0v) is 13.0. The molecule has 3 heterocycles. The average molecular weight is 289 g/mol. The van der Waals surface area contributed by atoms with E-state index in [1.165, 1.54) is 11.4 Å². The molecule has 0 saturated carbocycles. The lowest BCUT2D eigenvalue weighted by atomic mass is 10.0. The van der Waals surface area contributed by atoms with Crippen molar-refractivity contribution in [2.75, 3.05) is 19.8 Å². The van der Waals surface area contributed by atoms with Gasteiger partial charge in [0.1, 0.15) is 5.82 Å². The van der Waals surface area contributed by atoms with Crippen LogP contribution in [0.2, 0.25) is 0 Å². The van der Waals surface area contributed by atoms with Gasteiger partial charge in [-0.25, -0.2) is 9.97 Å². The molecule has 0 radical (unpaired) electrons. The third-order valence-corrected chi connectivity index (χ3v) is 4.20. The number of hydrogen-bond donors (Lipinski definition) is 0. The maximum atomic E-state index is 5.72. The molecule has 0 bridgehead atoms. The van der Waals surface area contributed by atoms with Gasteiger partial charge in [0.25, 0.3) is 0 Å². The molecule has 2 aromatic heterocycles. The van der Waals surface area contributed by atoms with Crippen molar-refractivity contribution in [3.63, 3.8) is 0 Å². The number of fused-ring (bicyclic) bond motifs is 1. The van der Waals surface area contributed by atoms with Gasteiger partial charge in [0.15, 0.2) is 0 Å². The molecule has 3 rings (SSSR count). The average Bonchev–Trinajstić information content (AvgIpc) is 3.05. The summed E-state index contributed by atoms with van der Waals surface area (Å²) in [5, 5.41) is 0. The van der Waals surface area contributed by atoms with Crippen LogP contribution in [-0.2, 0) is 31.8 Å². The monoisotopic (exact) mass is 289 g/mol. The number of rotatable bonds is 5. The Morgan fingerprint density at radius 1 is 1.29 bits per heavy atom. The van der Waals surface area contributed by atoms with Crippen molar-refractivity contribution in [1.82, 2.24) is 24.0 Å². The van der Waals surface area contributed by atoms with Crippen molar-refractivity contribution < 1.29 is 4.74 Å². The fraction of sp³-hybridized carbons (Fsp3) is 0.600. The second-order valence-corrected chi connectivity index (χ2v) is 5.54. The van der Waals surface area contributed by atoms with Crippen LogP contribution in [-0.4, -0.2) is 43.8 Å². The van der Waals surface area contributed by atoms with E-state index in [1.807, 2.05) is 32.7 Å². The van der Waals surface area contributed by atoms with Crippen molar-refractivity contribution in [2.24, 2.45) is 14.1 Å². The normalized spacial score (nSPS) is 18.9. The van der Waals surface area contributed by atoms with Crippen molar-refractivity contribution in [3.05, 3.63) is 35.9 Å². The summed E-state index contributed by atoms with van der Waals surface area (Å²) in [7, 11) is 4.11. The van der Waals surface area contributed by atoms with Gasteiger partial charge in [-0.1, -0.05) is 0 Å². The molecular weight excluding hydrogens is 266 g/mol. The van der Waals surface area contributed by atoms with Crippen LogP contribution in [0.4, 0.5) is 0 Å². The third-order valence-electron chi connectivity index (χ3n) is 4.20. The maximum absolute atomic E-state index is 5.72. The summed E-state index contributed by atoms with van der Waals surface area (Å²) in [4.78, 5) is 11.4. The van der Waals surface area contributed by atoms with Crippen LogP contribution in [0.1, 0.15) is 30.2 Å². The van der Waals surface area contributed by atoms with Gasteiger partial charge >= 0.3 is 0 Å². The molecule has 114 valence electrons. The lowest BCUT2D eigenvalue weighted by Gasteiger charge is -2.35. The molecule has 0 saturated heterocycles. The highest BCUT2D eigenvalue weighted by molar-refractivity contribution is 5.21. The van der Waals surface area contributed by atoms with Crippen LogP contribution in [0.25, 0.3) is 0 Å². The quantitative estimate of drug-likeness (QED) is 0.832. The first-order valence-corrected chi connectivity index (χ1v) is 7.48. The Morgan fingerprint density at radius 3 is 2.86 bits per heavy atom. The first kappa shape index (κ1) is 14.3. The number of ether oxygens (including phenoxy) is 1. The zero-order chi connectivity index (χ0) is 14.8. The van der Waals surface area contributed by atoms with Gasteiger partial charge in [-0.05, 0) is 6.92 Å². The lowest BCUT2D eigenvalue weighted by molar-refractivity contribution is 0.0502. The molecule has 1 aliphatic rings. The van der Waals surface area contributed by atoms with E-state index < -0.39 is 0 Å². The molecule has 0 spiro atoms. The molecule has 1 atom stereocenters. The smallest absolute Gasteiger partial charge is 0.122 e. The minimum Gasteiger partial charge on any atom is -0.380 e. The number of aryl methyl sites for hydroxylation is 2. The van der Waals surface area contributed by atoms with Crippen LogP contribution in [0, 0.1) is 0 Å². The summed E-state index contributed by atoms with van der Waals surface area (Å²) in [6.45, 7) is 5.31. The Morgan fingerprint density at radius 2 is 2.14 bits per heavy atom. The van der Waals surface area contributed by atoms with E-state index >= 15 is 0 Å². The molecule has 21 heavy (non-hydrogen) atoms. The fourth-order valence-corrected chi connectivity index (χ4v) is 3.02. The highest BCUT2D eigenvalue weighted by Gasteiger charge is 2.31. The maximum Gasteiger partial charge on any atom is 0.122 e. The molecule has 2 aromatic rings. The first-order chi connectivity index (χ1) is 10.2. The predicted octanol–water partition coefficient (Wildman–Crippen LogP) is 1.29. The Balaban J connectivity index is 1.85. The van der Waals surface area contributed by atoms with E-state index in [-0.39, 0.29) is 6.04 Å². The number of imidazole rings is 2. The lowest BCUT2D eigenvalue weighted by Crippen LogP contribution is -2.39. The highest BCUT2D eigenvalue weighted by atomic mass is 16.5. The fourth-order valence-electron chi connectivity index (χ4n) is 3.02. The number of hydrogen-bond acceptors (Lipinski definition) is 4. The van der Waals surface area contributed by atoms with Crippen LogP contribution in [0.5, 0.6) is 0 Å². The number of aromatic nitrogens is 4. The van der Waals surface area contributed by atoms with E-state index in [2.05, 4.69) is 31.0 Å². The van der Waals surface area contributed by atoms with Gasteiger partial charge in [0.2, 0.25) is 0 Å². The van der Waals surface area contributed by atoms with E-state index in [0.29, 0.717) is 6.61 Å². The molecule has 0 amide bonds. The summed E-state index contributed by atoms with van der Waals surface area (Å²) in [5.41, 5.74) is 2.49. The van der Waals surface area contributed by atoms with Gasteiger partial charge in [-0.15, -0.1) is 0 Å². The second kappa shape index (κ2) is 5.99. The Hall–Kier alpha value is -1.66. The van der Waals surface area contributed by atoms with Crippen LogP contribution in [0.15, 0.2) is 18.7 Å². The van der Waals surface area contributed by atoms with Crippen molar-refractivity contribution in [2.45, 2.75) is 25.9 Å². The Labute approximate surface area is 125 Å². The third kappa shape index (κ3) is 2.73. The standard InChI is InChI=1S/C15H23N5O/c1-4-21-10-13-15-12(17-11-19(15)3)5-7-20(13)9-14-16-6-8-18(14)2/h6,8,11,13H,4-5,7,9-10H2,1-3H3/t13-/m0/s1. The second-order valence-electron chi connectivity index (χ2n) is 5.54. The van der Waals surface area contributed by atoms with Crippen molar-refractivity contribution in [3.8, 4) is 0 Å². The van der Waals surface area contributed by atoms with Gasteiger partial charge in [-0.2, -0.15) is 0 Å². The summed E-state index contributed by atoms with van der Waals surface area (Å²) < 4.78 is 9.93. The molecule has 0 N–H and O–H groups in total. The molecule has 1 aliphatic heterocycles. The molecular formula is C15H23N5O. The van der Waals surface area contributed by atoms with Crippen molar-refractivity contribution >= 4 is 0 Å². The van der Waals surface area contributed by atoms with Crippen molar-refractivity contribution in [1.29, 1.82) is 0 Å². The molecule has 0 aromatic carbocycles. The minimum absolute atomic E-state index is 0.248. The molecule has 0 fully saturated rings. The molecule has 6 heteroatoms. The van der Waals surface area contributed by atoms with Gasteiger partial charge in [0, 0.05) is 46.1 Å². The van der Waals surface area contributed by atoms with E-state index in [1.54, 1.807) is 0 Å². The summed E-state index contributed by atoms with van der Waals surface area (Å²) in [6, 6.07) is 0.248. The molecule has 0 unspecified atom stereocenters. The number of nitrogens with zero attached hydrogens (tertiary/aromatic N) is 5. The highest BCUT2D eigenvalue weighted by Crippen LogP contribution is 2.30. The Bertz CT molecular complexity index is 603.